The number of aromatic nitrogens is 1. The Morgan fingerprint density at radius 3 is 2.91 bits per heavy atom. The fourth-order valence-electron chi connectivity index (χ4n) is 7.87. The number of hydrogen-bond acceptors (Lipinski definition) is 4. The van der Waals surface area contributed by atoms with E-state index in [0.29, 0.717) is 12.0 Å². The number of H-pyrrole nitrogens is 1. The fourth-order valence-corrected chi connectivity index (χ4v) is 7.87. The van der Waals surface area contributed by atoms with Gasteiger partial charge in [0, 0.05) is 35.5 Å². The molecule has 0 amide bonds. The number of carbonyl (C=O) groups is 1. The summed E-state index contributed by atoms with van der Waals surface area (Å²) in [7, 11) is 0. The minimum absolute atomic E-state index is 0.0246. The molecule has 5 aliphatic rings. The largest absolute Gasteiger partial charge is 0.482 e. The van der Waals surface area contributed by atoms with Crippen molar-refractivity contribution in [2.45, 2.75) is 62.2 Å². The molecule has 2 aliphatic heterocycles. The highest BCUT2D eigenvalue weighted by Gasteiger charge is 2.72. The SMILES string of the molecule is CC(=O)c1ccc2c3c1O[C@H]1c4[nH]c5ccccc5c4C[C@@]4(O)[C@H](C2)N(CC2CC2)CC[C@]314. The first-order chi connectivity index (χ1) is 16.0. The molecular weight excluding hydrogens is 412 g/mol. The molecule has 2 bridgehead atoms. The summed E-state index contributed by atoms with van der Waals surface area (Å²) in [5, 5.41) is 14.0. The summed E-state index contributed by atoms with van der Waals surface area (Å²) in [6, 6.07) is 12.5. The van der Waals surface area contributed by atoms with Gasteiger partial charge in [-0.15, -0.1) is 0 Å². The molecule has 8 rings (SSSR count). The second-order valence-corrected chi connectivity index (χ2v) is 11.1. The number of hydrogen-bond donors (Lipinski definition) is 2. The predicted octanol–water partition coefficient (Wildman–Crippen LogP) is 4.07. The average molecular weight is 441 g/mol. The van der Waals surface area contributed by atoms with Gasteiger partial charge < -0.3 is 14.8 Å². The van der Waals surface area contributed by atoms with Crippen molar-refractivity contribution < 1.29 is 14.6 Å². The van der Waals surface area contributed by atoms with Crippen LogP contribution in [0.3, 0.4) is 0 Å². The van der Waals surface area contributed by atoms with Crippen LogP contribution >= 0.6 is 0 Å². The molecule has 5 heteroatoms. The van der Waals surface area contributed by atoms with Crippen LogP contribution in [-0.4, -0.2) is 45.5 Å². The molecule has 1 aromatic heterocycles. The van der Waals surface area contributed by atoms with E-state index in [9.17, 15) is 9.90 Å². The Kier molecular flexibility index (Phi) is 3.35. The van der Waals surface area contributed by atoms with Crippen LogP contribution in [0.15, 0.2) is 36.4 Å². The number of nitrogens with zero attached hydrogens (tertiary/aromatic N) is 1. The Bertz CT molecular complexity index is 1370. The van der Waals surface area contributed by atoms with E-state index in [1.54, 1.807) is 6.92 Å². The van der Waals surface area contributed by atoms with E-state index in [2.05, 4.69) is 40.2 Å². The van der Waals surface area contributed by atoms with Gasteiger partial charge in [-0.05, 0) is 68.3 Å². The molecule has 1 spiro atoms. The predicted molar refractivity (Wildman–Crippen MR) is 125 cm³/mol. The quantitative estimate of drug-likeness (QED) is 0.603. The maximum Gasteiger partial charge on any atom is 0.163 e. The summed E-state index contributed by atoms with van der Waals surface area (Å²) in [5.74, 6) is 1.53. The Morgan fingerprint density at radius 1 is 1.24 bits per heavy atom. The van der Waals surface area contributed by atoms with Crippen molar-refractivity contribution in [3.05, 3.63) is 64.3 Å². The number of fused-ring (bicyclic) bond motifs is 4. The maximum absolute atomic E-state index is 12.8. The number of piperidine rings is 1. The van der Waals surface area contributed by atoms with E-state index in [1.165, 1.54) is 29.4 Å². The van der Waals surface area contributed by atoms with Crippen molar-refractivity contribution in [1.82, 2.24) is 9.88 Å². The molecule has 0 unspecified atom stereocenters. The van der Waals surface area contributed by atoms with Gasteiger partial charge in [-0.25, -0.2) is 0 Å². The van der Waals surface area contributed by atoms with Crippen molar-refractivity contribution in [3.63, 3.8) is 0 Å². The highest BCUT2D eigenvalue weighted by Crippen LogP contribution is 2.68. The van der Waals surface area contributed by atoms with Crippen LogP contribution in [-0.2, 0) is 18.3 Å². The van der Waals surface area contributed by atoms with Crippen molar-refractivity contribution in [1.29, 1.82) is 0 Å². The maximum atomic E-state index is 12.8. The molecule has 1 saturated carbocycles. The van der Waals surface area contributed by atoms with Gasteiger partial charge >= 0.3 is 0 Å². The third kappa shape index (κ3) is 2.10. The highest BCUT2D eigenvalue weighted by molar-refractivity contribution is 5.98. The summed E-state index contributed by atoms with van der Waals surface area (Å²) in [4.78, 5) is 18.8. The van der Waals surface area contributed by atoms with Crippen molar-refractivity contribution in [2.75, 3.05) is 13.1 Å². The van der Waals surface area contributed by atoms with E-state index in [4.69, 9.17) is 4.74 Å². The molecule has 3 heterocycles. The molecule has 1 saturated heterocycles. The first-order valence-electron chi connectivity index (χ1n) is 12.4. The average Bonchev–Trinajstić information content (AvgIpc) is 3.44. The summed E-state index contributed by atoms with van der Waals surface area (Å²) in [6.45, 7) is 3.68. The van der Waals surface area contributed by atoms with Gasteiger partial charge in [0.1, 0.15) is 5.75 Å². The Morgan fingerprint density at radius 2 is 2.09 bits per heavy atom. The third-order valence-corrected chi connectivity index (χ3v) is 9.47. The zero-order chi connectivity index (χ0) is 22.1. The first-order valence-corrected chi connectivity index (χ1v) is 12.4. The highest BCUT2D eigenvalue weighted by atomic mass is 16.5. The van der Waals surface area contributed by atoms with Crippen molar-refractivity contribution >= 4 is 16.7 Å². The van der Waals surface area contributed by atoms with Crippen LogP contribution < -0.4 is 4.74 Å². The van der Waals surface area contributed by atoms with Crippen LogP contribution in [0.25, 0.3) is 10.9 Å². The molecule has 0 radical (unpaired) electrons. The van der Waals surface area contributed by atoms with Gasteiger partial charge in [0.2, 0.25) is 0 Å². The van der Waals surface area contributed by atoms with Crippen molar-refractivity contribution in [2.24, 2.45) is 5.92 Å². The van der Waals surface area contributed by atoms with Gasteiger partial charge in [-0.1, -0.05) is 24.3 Å². The minimum Gasteiger partial charge on any atom is -0.482 e. The number of para-hydroxylation sites is 1. The standard InChI is InChI=1S/C28H28N2O3/c1-15(31)18-9-8-17-12-22-28(32)13-20-19-4-2-3-5-21(19)29-24(20)26-27(28,23(17)25(18)33-26)10-11-30(22)14-16-6-7-16/h2-5,8-9,16,22,26,29,32H,6-7,10-14H2,1H3/t22-,26-,27-,28+/m0/s1. The van der Waals surface area contributed by atoms with Gasteiger partial charge in [-0.3, -0.25) is 9.69 Å². The Hall–Kier alpha value is -2.63. The van der Waals surface area contributed by atoms with Crippen LogP contribution in [0.5, 0.6) is 5.75 Å². The van der Waals surface area contributed by atoms with Gasteiger partial charge in [0.05, 0.1) is 22.3 Å². The molecule has 3 aliphatic carbocycles. The van der Waals surface area contributed by atoms with Gasteiger partial charge in [0.25, 0.3) is 0 Å². The number of ketones is 1. The lowest BCUT2D eigenvalue weighted by Gasteiger charge is -2.62. The fraction of sp³-hybridized carbons (Fsp3) is 0.464. The number of benzene rings is 2. The normalized spacial score (nSPS) is 33.5. The second-order valence-electron chi connectivity index (χ2n) is 11.1. The number of aromatic amines is 1. The van der Waals surface area contributed by atoms with Crippen molar-refractivity contribution in [3.8, 4) is 5.75 Å². The Balaban J connectivity index is 1.43. The second kappa shape index (κ2) is 5.89. The van der Waals surface area contributed by atoms with Crippen LogP contribution in [0.2, 0.25) is 0 Å². The lowest BCUT2D eigenvalue weighted by molar-refractivity contribution is -0.173. The van der Waals surface area contributed by atoms with Crippen LogP contribution in [0.1, 0.15) is 65.0 Å². The molecule has 4 atom stereocenters. The van der Waals surface area contributed by atoms with E-state index in [-0.39, 0.29) is 17.9 Å². The summed E-state index contributed by atoms with van der Waals surface area (Å²) >= 11 is 0. The number of carbonyl (C=O) groups excluding carboxylic acids is 1. The summed E-state index contributed by atoms with van der Waals surface area (Å²) in [6.07, 6.45) is 4.63. The summed E-state index contributed by atoms with van der Waals surface area (Å²) < 4.78 is 6.79. The van der Waals surface area contributed by atoms with E-state index < -0.39 is 11.0 Å². The lowest BCUT2D eigenvalue weighted by Crippen LogP contribution is -2.74. The number of ether oxygens (including phenoxy) is 1. The zero-order valence-corrected chi connectivity index (χ0v) is 18.9. The number of rotatable bonds is 3. The van der Waals surface area contributed by atoms with Crippen LogP contribution in [0, 0.1) is 5.92 Å². The zero-order valence-electron chi connectivity index (χ0n) is 18.9. The van der Waals surface area contributed by atoms with E-state index in [1.807, 2.05) is 6.07 Å². The molecule has 168 valence electrons. The number of aliphatic hydroxyl groups is 1. The van der Waals surface area contributed by atoms with E-state index in [0.717, 1.165) is 54.4 Å². The molecule has 3 aromatic rings. The van der Waals surface area contributed by atoms with Crippen LogP contribution in [0.4, 0.5) is 0 Å². The van der Waals surface area contributed by atoms with Gasteiger partial charge in [-0.2, -0.15) is 0 Å². The van der Waals surface area contributed by atoms with E-state index >= 15 is 0 Å². The summed E-state index contributed by atoms with van der Waals surface area (Å²) in [5.41, 5.74) is 4.97. The smallest absolute Gasteiger partial charge is 0.163 e. The molecule has 33 heavy (non-hydrogen) atoms. The topological polar surface area (TPSA) is 65.6 Å². The molecule has 5 nitrogen and oxygen atoms in total. The first kappa shape index (κ1) is 18.8. The van der Waals surface area contributed by atoms with Gasteiger partial charge in [0.15, 0.2) is 11.9 Å². The molecular formula is C28H28N2O3. The third-order valence-electron chi connectivity index (χ3n) is 9.47. The number of Topliss-reactive ketones (excluding diaryl/α,β-unsaturated/α-hetero) is 1. The monoisotopic (exact) mass is 440 g/mol. The number of likely N-dealkylation sites (tertiary alicyclic amines) is 1. The lowest BCUT2D eigenvalue weighted by atomic mass is 9.49. The molecule has 2 aromatic carbocycles. The molecule has 2 fully saturated rings. The molecule has 2 N–H and O–H groups in total. The Labute approximate surface area is 192 Å². The minimum atomic E-state index is -0.920. The number of nitrogens with one attached hydrogen (secondary N) is 1.